The molecular weight excluding hydrogens is 430 g/mol. The summed E-state index contributed by atoms with van der Waals surface area (Å²) in [4.78, 5) is 24.8. The van der Waals surface area contributed by atoms with Crippen LogP contribution in [0.15, 0.2) is 46.9 Å². The first-order valence-corrected chi connectivity index (χ1v) is 9.72. The van der Waals surface area contributed by atoms with Gasteiger partial charge < -0.3 is 10.1 Å². The van der Waals surface area contributed by atoms with Crippen LogP contribution >= 0.6 is 27.5 Å². The molecule has 0 aromatic heterocycles. The van der Waals surface area contributed by atoms with Crippen molar-refractivity contribution in [2.75, 3.05) is 7.11 Å². The van der Waals surface area contributed by atoms with Crippen molar-refractivity contribution >= 4 is 39.4 Å². The third kappa shape index (κ3) is 5.81. The Kier molecular flexibility index (Phi) is 7.06. The molecule has 27 heavy (non-hydrogen) atoms. The highest BCUT2D eigenvalue weighted by molar-refractivity contribution is 9.10. The number of benzene rings is 2. The molecule has 0 aliphatic carbocycles. The van der Waals surface area contributed by atoms with Crippen molar-refractivity contribution in [3.8, 4) is 0 Å². The molecule has 0 spiro atoms. The molecule has 2 aromatic carbocycles. The number of carbonyl (C=O) groups is 2. The van der Waals surface area contributed by atoms with Crippen molar-refractivity contribution in [1.82, 2.24) is 5.32 Å². The van der Waals surface area contributed by atoms with Crippen LogP contribution in [0.5, 0.6) is 0 Å². The second-order valence-corrected chi connectivity index (χ2v) is 8.61. The van der Waals surface area contributed by atoms with Crippen LogP contribution in [0.3, 0.4) is 0 Å². The van der Waals surface area contributed by atoms with E-state index in [0.717, 1.165) is 15.6 Å². The maximum absolute atomic E-state index is 12.6. The lowest BCUT2D eigenvalue weighted by molar-refractivity contribution is -0.142. The van der Waals surface area contributed by atoms with Gasteiger partial charge in [0.15, 0.2) is 0 Å². The highest BCUT2D eigenvalue weighted by Gasteiger charge is 2.24. The lowest BCUT2D eigenvalue weighted by atomic mass is 9.86. The van der Waals surface area contributed by atoms with Gasteiger partial charge in [-0.05, 0) is 46.9 Å². The number of rotatable bonds is 5. The number of halogens is 2. The van der Waals surface area contributed by atoms with Gasteiger partial charge in [-0.3, -0.25) is 4.79 Å². The molecular formula is C21H23BrClNO3. The maximum atomic E-state index is 12.6. The van der Waals surface area contributed by atoms with E-state index in [0.29, 0.717) is 10.6 Å². The zero-order valence-corrected chi connectivity index (χ0v) is 18.1. The van der Waals surface area contributed by atoms with Crippen LogP contribution in [0.2, 0.25) is 5.02 Å². The largest absolute Gasteiger partial charge is 0.467 e. The highest BCUT2D eigenvalue weighted by atomic mass is 79.9. The van der Waals surface area contributed by atoms with Crippen LogP contribution in [0.25, 0.3) is 0 Å². The van der Waals surface area contributed by atoms with Gasteiger partial charge in [0.05, 0.1) is 7.11 Å². The van der Waals surface area contributed by atoms with E-state index < -0.39 is 12.0 Å². The molecule has 1 N–H and O–H groups in total. The maximum Gasteiger partial charge on any atom is 0.328 e. The molecule has 1 amide bonds. The van der Waals surface area contributed by atoms with Gasteiger partial charge in [0.2, 0.25) is 0 Å². The molecule has 0 unspecified atom stereocenters. The van der Waals surface area contributed by atoms with E-state index in [4.69, 9.17) is 16.3 Å². The van der Waals surface area contributed by atoms with Gasteiger partial charge >= 0.3 is 5.97 Å². The summed E-state index contributed by atoms with van der Waals surface area (Å²) in [5, 5.41) is 3.32. The quantitative estimate of drug-likeness (QED) is 0.656. The van der Waals surface area contributed by atoms with Crippen molar-refractivity contribution in [3.63, 3.8) is 0 Å². The van der Waals surface area contributed by atoms with Crippen molar-refractivity contribution < 1.29 is 14.3 Å². The molecule has 0 radical (unpaired) electrons. The number of carbonyl (C=O) groups excluding carboxylic acids is 2. The summed E-state index contributed by atoms with van der Waals surface area (Å²) in [7, 11) is 1.30. The van der Waals surface area contributed by atoms with E-state index in [9.17, 15) is 9.59 Å². The van der Waals surface area contributed by atoms with Gasteiger partial charge in [-0.15, -0.1) is 0 Å². The summed E-state index contributed by atoms with van der Waals surface area (Å²) in [6.07, 6.45) is 0.264. The topological polar surface area (TPSA) is 55.4 Å². The van der Waals surface area contributed by atoms with Gasteiger partial charge in [0.25, 0.3) is 5.91 Å². The van der Waals surface area contributed by atoms with Crippen LogP contribution in [0.1, 0.15) is 42.3 Å². The van der Waals surface area contributed by atoms with Crippen molar-refractivity contribution in [2.45, 2.75) is 38.6 Å². The molecule has 6 heteroatoms. The zero-order chi connectivity index (χ0) is 20.2. The average Bonchev–Trinajstić information content (AvgIpc) is 2.62. The molecule has 144 valence electrons. The Morgan fingerprint density at radius 3 is 2.33 bits per heavy atom. The molecule has 0 saturated heterocycles. The van der Waals surface area contributed by atoms with Gasteiger partial charge in [-0.25, -0.2) is 4.79 Å². The monoisotopic (exact) mass is 451 g/mol. The Bertz CT molecular complexity index is 828. The number of amides is 1. The SMILES string of the molecule is COC(=O)[C@H](Cc1cc(Cl)ccc1Br)NC(=O)c1ccc(C(C)(C)C)cc1. The summed E-state index contributed by atoms with van der Waals surface area (Å²) in [6, 6.07) is 11.9. The van der Waals surface area contributed by atoms with E-state index in [-0.39, 0.29) is 17.7 Å². The average molecular weight is 453 g/mol. The number of methoxy groups -OCH3 is 1. The Hall–Kier alpha value is -1.85. The predicted octanol–water partition coefficient (Wildman–Crippen LogP) is 4.91. The summed E-state index contributed by atoms with van der Waals surface area (Å²) >= 11 is 9.49. The first-order chi connectivity index (χ1) is 12.6. The Balaban J connectivity index is 2.19. The molecule has 0 heterocycles. The van der Waals surface area contributed by atoms with Crippen molar-refractivity contribution in [2.24, 2.45) is 0 Å². The van der Waals surface area contributed by atoms with Crippen molar-refractivity contribution in [3.05, 3.63) is 68.7 Å². The molecule has 0 saturated carbocycles. The smallest absolute Gasteiger partial charge is 0.328 e. The fraction of sp³-hybridized carbons (Fsp3) is 0.333. The van der Waals surface area contributed by atoms with E-state index in [1.54, 1.807) is 30.3 Å². The number of hydrogen-bond donors (Lipinski definition) is 1. The standard InChI is InChI=1S/C21H23BrClNO3/c1-21(2,3)15-7-5-13(6-8-15)19(25)24-18(20(26)27-4)12-14-11-16(23)9-10-17(14)22/h5-11,18H,12H2,1-4H3,(H,24,25)/t18-/m0/s1. The fourth-order valence-corrected chi connectivity index (χ4v) is 3.22. The van der Waals surface area contributed by atoms with Crippen LogP contribution in [0.4, 0.5) is 0 Å². The van der Waals surface area contributed by atoms with Crippen LogP contribution in [-0.4, -0.2) is 25.0 Å². The summed E-state index contributed by atoms with van der Waals surface area (Å²) in [5.74, 6) is -0.842. The van der Waals surface area contributed by atoms with Crippen LogP contribution in [0, 0.1) is 0 Å². The van der Waals surface area contributed by atoms with Gasteiger partial charge in [-0.2, -0.15) is 0 Å². The lowest BCUT2D eigenvalue weighted by Gasteiger charge is -2.20. The summed E-state index contributed by atoms with van der Waals surface area (Å²) < 4.78 is 5.66. The third-order valence-electron chi connectivity index (χ3n) is 4.24. The third-order valence-corrected chi connectivity index (χ3v) is 5.24. The second-order valence-electron chi connectivity index (χ2n) is 7.32. The molecule has 0 bridgehead atoms. The fourth-order valence-electron chi connectivity index (χ4n) is 2.62. The number of hydrogen-bond acceptors (Lipinski definition) is 3. The van der Waals surface area contributed by atoms with E-state index in [1.165, 1.54) is 7.11 Å². The van der Waals surface area contributed by atoms with Crippen LogP contribution in [-0.2, 0) is 21.4 Å². The van der Waals surface area contributed by atoms with Crippen molar-refractivity contribution in [1.29, 1.82) is 0 Å². The first-order valence-electron chi connectivity index (χ1n) is 8.55. The normalized spacial score (nSPS) is 12.4. The first kappa shape index (κ1) is 21.5. The molecule has 0 fully saturated rings. The Labute approximate surface area is 173 Å². The van der Waals surface area contributed by atoms with E-state index >= 15 is 0 Å². The minimum atomic E-state index is -0.820. The number of ether oxygens (including phenoxy) is 1. The van der Waals surface area contributed by atoms with Crippen LogP contribution < -0.4 is 5.32 Å². The summed E-state index contributed by atoms with van der Waals surface area (Å²) in [6.45, 7) is 6.33. The van der Waals surface area contributed by atoms with Gasteiger partial charge in [0, 0.05) is 21.5 Å². The molecule has 0 aliphatic rings. The Morgan fingerprint density at radius 2 is 1.78 bits per heavy atom. The molecule has 4 nitrogen and oxygen atoms in total. The molecule has 2 rings (SSSR count). The minimum Gasteiger partial charge on any atom is -0.467 e. The Morgan fingerprint density at radius 1 is 1.15 bits per heavy atom. The molecule has 0 aliphatic heterocycles. The van der Waals surface area contributed by atoms with Gasteiger partial charge in [0.1, 0.15) is 6.04 Å². The van der Waals surface area contributed by atoms with Gasteiger partial charge in [-0.1, -0.05) is 60.4 Å². The molecule has 1 atom stereocenters. The number of nitrogens with one attached hydrogen (secondary N) is 1. The predicted molar refractivity (Wildman–Crippen MR) is 111 cm³/mol. The summed E-state index contributed by atoms with van der Waals surface area (Å²) in [5.41, 5.74) is 2.43. The zero-order valence-electron chi connectivity index (χ0n) is 15.8. The minimum absolute atomic E-state index is 0.00239. The lowest BCUT2D eigenvalue weighted by Crippen LogP contribution is -2.43. The second kappa shape index (κ2) is 8.89. The van der Waals surface area contributed by atoms with E-state index in [1.807, 2.05) is 12.1 Å². The van der Waals surface area contributed by atoms with E-state index in [2.05, 4.69) is 42.0 Å². The molecule has 2 aromatic rings. The highest BCUT2D eigenvalue weighted by Crippen LogP contribution is 2.24. The number of esters is 1.